The molecule has 33 heavy (non-hydrogen) atoms. The number of tetrazole rings is 1. The molecule has 5 heterocycles. The Hall–Kier alpha value is -3.93. The SMILES string of the molecule is O=C1C=C(c2c(-n3cnnn3)ccc(Cl)c2F)CC2CC[C@@H](c3ncc(-c4ncn[nH]4)[nH]3)N12. The number of H-pyrrole nitrogens is 2. The Morgan fingerprint density at radius 3 is 2.91 bits per heavy atom. The van der Waals surface area contributed by atoms with Gasteiger partial charge in [-0.1, -0.05) is 11.6 Å². The lowest BCUT2D eigenvalue weighted by Crippen LogP contribution is -2.39. The van der Waals surface area contributed by atoms with Gasteiger partial charge in [-0.05, 0) is 47.4 Å². The number of benzene rings is 1. The Morgan fingerprint density at radius 2 is 2.12 bits per heavy atom. The summed E-state index contributed by atoms with van der Waals surface area (Å²) in [6.45, 7) is 0. The van der Waals surface area contributed by atoms with Crippen LogP contribution in [0.1, 0.15) is 36.7 Å². The van der Waals surface area contributed by atoms with Gasteiger partial charge in [-0.3, -0.25) is 9.89 Å². The fourth-order valence-electron chi connectivity index (χ4n) is 4.67. The number of imidazole rings is 1. The lowest BCUT2D eigenvalue weighted by Gasteiger charge is -2.33. The number of nitrogens with one attached hydrogen (secondary N) is 2. The number of aromatic nitrogens is 9. The Kier molecular flexibility index (Phi) is 4.54. The van der Waals surface area contributed by atoms with E-state index < -0.39 is 5.82 Å². The second kappa shape index (κ2) is 7.59. The van der Waals surface area contributed by atoms with Gasteiger partial charge in [0.25, 0.3) is 0 Å². The summed E-state index contributed by atoms with van der Waals surface area (Å²) in [7, 11) is 0. The van der Waals surface area contributed by atoms with Crippen molar-refractivity contribution < 1.29 is 9.18 Å². The normalized spacial score (nSPS) is 20.2. The van der Waals surface area contributed by atoms with Gasteiger partial charge >= 0.3 is 0 Å². The highest BCUT2D eigenvalue weighted by atomic mass is 35.5. The standard InChI is InChI=1S/C20H16ClFN10O/c21-12-2-4-14(31-9-26-29-30-31)17(18(12)22)10-5-11-1-3-15(32(11)16(33)6-10)20-23-7-13(27-20)19-24-8-25-28-19/h2,4,6-9,11,15H,1,3,5H2,(H,23,27)(H,24,25,28)/t11?,15-/m0/s1. The summed E-state index contributed by atoms with van der Waals surface area (Å²) in [5.41, 5.74) is 1.91. The number of halogens is 2. The maximum absolute atomic E-state index is 15.2. The number of amides is 1. The number of hydrogen-bond acceptors (Lipinski definition) is 7. The summed E-state index contributed by atoms with van der Waals surface area (Å²) in [5, 5.41) is 17.7. The van der Waals surface area contributed by atoms with Crippen molar-refractivity contribution in [2.24, 2.45) is 0 Å². The van der Waals surface area contributed by atoms with Gasteiger partial charge in [-0.15, -0.1) is 5.10 Å². The minimum atomic E-state index is -0.602. The minimum absolute atomic E-state index is 0.0302. The highest BCUT2D eigenvalue weighted by molar-refractivity contribution is 6.31. The van der Waals surface area contributed by atoms with E-state index >= 15 is 4.39 Å². The zero-order valence-corrected chi connectivity index (χ0v) is 17.7. The number of carbonyl (C=O) groups excluding carboxylic acids is 1. The van der Waals surface area contributed by atoms with Crippen molar-refractivity contribution >= 4 is 23.1 Å². The Labute approximate surface area is 190 Å². The monoisotopic (exact) mass is 466 g/mol. The maximum atomic E-state index is 15.2. The molecule has 1 saturated heterocycles. The summed E-state index contributed by atoms with van der Waals surface area (Å²) in [5.74, 6) is 0.442. The fourth-order valence-corrected chi connectivity index (χ4v) is 4.82. The van der Waals surface area contributed by atoms with Crippen molar-refractivity contribution in [3.8, 4) is 17.2 Å². The van der Waals surface area contributed by atoms with Crippen LogP contribution >= 0.6 is 11.6 Å². The van der Waals surface area contributed by atoms with Crippen LogP contribution in [0.4, 0.5) is 4.39 Å². The number of nitrogens with zero attached hydrogens (tertiary/aromatic N) is 8. The van der Waals surface area contributed by atoms with Crippen LogP contribution in [-0.2, 0) is 4.79 Å². The molecule has 6 rings (SSSR count). The number of hydrogen-bond donors (Lipinski definition) is 2. The molecule has 1 unspecified atom stereocenters. The zero-order valence-electron chi connectivity index (χ0n) is 17.0. The summed E-state index contributed by atoms with van der Waals surface area (Å²) in [4.78, 5) is 26.9. The molecule has 0 saturated carbocycles. The molecule has 0 aliphatic carbocycles. The Bertz CT molecular complexity index is 1360. The average Bonchev–Trinajstić information content (AvgIpc) is 3.61. The lowest BCUT2D eigenvalue weighted by molar-refractivity contribution is -0.129. The third-order valence-electron chi connectivity index (χ3n) is 6.08. The quantitative estimate of drug-likeness (QED) is 0.471. The summed E-state index contributed by atoms with van der Waals surface area (Å²) < 4.78 is 16.5. The number of carbonyl (C=O) groups is 1. The van der Waals surface area contributed by atoms with E-state index in [-0.39, 0.29) is 28.6 Å². The second-order valence-electron chi connectivity index (χ2n) is 7.89. The molecule has 1 fully saturated rings. The molecule has 2 N–H and O–H groups in total. The first-order valence-corrected chi connectivity index (χ1v) is 10.6. The van der Waals surface area contributed by atoms with E-state index in [2.05, 4.69) is 40.7 Å². The van der Waals surface area contributed by atoms with E-state index in [1.807, 2.05) is 4.90 Å². The van der Waals surface area contributed by atoms with Gasteiger partial charge in [-0.2, -0.15) is 9.78 Å². The van der Waals surface area contributed by atoms with Crippen LogP contribution in [-0.4, -0.2) is 62.2 Å². The second-order valence-corrected chi connectivity index (χ2v) is 8.30. The van der Waals surface area contributed by atoms with E-state index in [1.54, 1.807) is 12.3 Å². The van der Waals surface area contributed by atoms with Crippen molar-refractivity contribution in [2.45, 2.75) is 31.3 Å². The van der Waals surface area contributed by atoms with E-state index in [1.165, 1.54) is 29.5 Å². The predicted molar refractivity (Wildman–Crippen MR) is 113 cm³/mol. The molecule has 2 atom stereocenters. The first-order chi connectivity index (χ1) is 16.1. The fraction of sp³-hybridized carbons (Fsp3) is 0.250. The molecule has 166 valence electrons. The summed E-state index contributed by atoms with van der Waals surface area (Å²) in [6, 6.07) is 2.78. The number of fused-ring (bicyclic) bond motifs is 1. The molecule has 11 nitrogen and oxygen atoms in total. The van der Waals surface area contributed by atoms with Crippen molar-refractivity contribution in [3.63, 3.8) is 0 Å². The first-order valence-electron chi connectivity index (χ1n) is 10.3. The van der Waals surface area contributed by atoms with Crippen LogP contribution in [0.15, 0.2) is 37.1 Å². The molecule has 0 radical (unpaired) electrons. The highest BCUT2D eigenvalue weighted by Gasteiger charge is 2.42. The zero-order chi connectivity index (χ0) is 22.5. The van der Waals surface area contributed by atoms with Crippen LogP contribution < -0.4 is 0 Å². The van der Waals surface area contributed by atoms with Gasteiger partial charge in [0.15, 0.2) is 11.6 Å². The first kappa shape index (κ1) is 19.7. The molecule has 2 aliphatic rings. The molecule has 3 aromatic heterocycles. The largest absolute Gasteiger partial charge is 0.338 e. The molecule has 1 amide bonds. The maximum Gasteiger partial charge on any atom is 0.247 e. The highest BCUT2D eigenvalue weighted by Crippen LogP contribution is 2.43. The van der Waals surface area contributed by atoms with Gasteiger partial charge in [0.05, 0.1) is 22.9 Å². The van der Waals surface area contributed by atoms with Crippen molar-refractivity contribution in [1.29, 1.82) is 0 Å². The van der Waals surface area contributed by atoms with E-state index in [9.17, 15) is 4.79 Å². The Balaban J connectivity index is 1.35. The van der Waals surface area contributed by atoms with Crippen LogP contribution in [0, 0.1) is 5.82 Å². The van der Waals surface area contributed by atoms with Gasteiger partial charge < -0.3 is 9.88 Å². The van der Waals surface area contributed by atoms with Gasteiger partial charge in [-0.25, -0.2) is 14.4 Å². The minimum Gasteiger partial charge on any atom is -0.338 e. The van der Waals surface area contributed by atoms with Crippen LogP contribution in [0.5, 0.6) is 0 Å². The van der Waals surface area contributed by atoms with Crippen LogP contribution in [0.25, 0.3) is 22.8 Å². The molecular formula is C20H16ClFN10O. The topological polar surface area (TPSA) is 134 Å². The molecule has 2 aliphatic heterocycles. The summed E-state index contributed by atoms with van der Waals surface area (Å²) in [6.07, 6.45) is 7.90. The van der Waals surface area contributed by atoms with Crippen LogP contribution in [0.3, 0.4) is 0 Å². The third-order valence-corrected chi connectivity index (χ3v) is 6.37. The Morgan fingerprint density at radius 1 is 1.21 bits per heavy atom. The third kappa shape index (κ3) is 3.21. The van der Waals surface area contributed by atoms with E-state index in [0.29, 0.717) is 35.0 Å². The molecular weight excluding hydrogens is 451 g/mol. The van der Waals surface area contributed by atoms with Crippen LogP contribution in [0.2, 0.25) is 5.02 Å². The smallest absolute Gasteiger partial charge is 0.247 e. The average molecular weight is 467 g/mol. The lowest BCUT2D eigenvalue weighted by atomic mass is 9.92. The van der Waals surface area contributed by atoms with E-state index in [4.69, 9.17) is 11.6 Å². The van der Waals surface area contributed by atoms with Gasteiger partial charge in [0.1, 0.15) is 24.2 Å². The molecule has 1 aromatic carbocycles. The van der Waals surface area contributed by atoms with Crippen molar-refractivity contribution in [2.75, 3.05) is 0 Å². The predicted octanol–water partition coefficient (Wildman–Crippen LogP) is 2.48. The van der Waals surface area contributed by atoms with Gasteiger partial charge in [0, 0.05) is 17.7 Å². The number of aromatic amines is 2. The van der Waals surface area contributed by atoms with Crippen molar-refractivity contribution in [3.05, 3.63) is 59.3 Å². The molecule has 4 aromatic rings. The van der Waals surface area contributed by atoms with Gasteiger partial charge in [0.2, 0.25) is 5.91 Å². The number of rotatable bonds is 4. The molecule has 0 spiro atoms. The van der Waals surface area contributed by atoms with E-state index in [0.717, 1.165) is 12.8 Å². The molecule has 0 bridgehead atoms. The van der Waals surface area contributed by atoms with Crippen molar-refractivity contribution in [1.82, 2.24) is 50.3 Å². The summed E-state index contributed by atoms with van der Waals surface area (Å²) >= 11 is 6.08. The molecule has 13 heteroatoms.